The van der Waals surface area contributed by atoms with Crippen LogP contribution in [0.25, 0.3) is 28.2 Å². The number of furan rings is 1. The van der Waals surface area contributed by atoms with E-state index in [1.54, 1.807) is 24.3 Å². The van der Waals surface area contributed by atoms with Crippen molar-refractivity contribution < 1.29 is 14.0 Å². The van der Waals surface area contributed by atoms with Crippen molar-refractivity contribution in [3.8, 4) is 17.3 Å². The van der Waals surface area contributed by atoms with Crippen molar-refractivity contribution in [3.05, 3.63) is 90.5 Å². The molecule has 0 fully saturated rings. The van der Waals surface area contributed by atoms with Gasteiger partial charge < -0.3 is 9.73 Å². The molecule has 0 radical (unpaired) electrons. The normalized spacial score (nSPS) is 11.0. The lowest BCUT2D eigenvalue weighted by atomic mass is 10.1. The van der Waals surface area contributed by atoms with Gasteiger partial charge in [-0.25, -0.2) is 0 Å². The van der Waals surface area contributed by atoms with E-state index < -0.39 is 0 Å². The number of anilines is 1. The van der Waals surface area contributed by atoms with Gasteiger partial charge >= 0.3 is 0 Å². The van der Waals surface area contributed by atoms with Gasteiger partial charge in [0.2, 0.25) is 11.7 Å². The molecule has 5 aromatic rings. The van der Waals surface area contributed by atoms with E-state index in [0.717, 1.165) is 16.7 Å². The van der Waals surface area contributed by atoms with Crippen molar-refractivity contribution in [1.29, 1.82) is 0 Å². The number of carbonyl (C=O) groups is 2. The van der Waals surface area contributed by atoms with E-state index in [9.17, 15) is 9.59 Å². The van der Waals surface area contributed by atoms with E-state index >= 15 is 0 Å². The van der Waals surface area contributed by atoms with Crippen LogP contribution in [0.15, 0.2) is 94.5 Å². The van der Waals surface area contributed by atoms with Gasteiger partial charge in [0.1, 0.15) is 5.58 Å². The number of para-hydroxylation sites is 2. The van der Waals surface area contributed by atoms with Crippen molar-refractivity contribution in [1.82, 2.24) is 14.8 Å². The second kappa shape index (κ2) is 9.36. The molecule has 0 saturated carbocycles. The van der Waals surface area contributed by atoms with E-state index in [2.05, 4.69) is 15.5 Å². The average Bonchev–Trinajstić information content (AvgIpc) is 3.47. The Balaban J connectivity index is 1.41. The molecule has 0 unspecified atom stereocenters. The molecule has 0 aliphatic carbocycles. The fourth-order valence-corrected chi connectivity index (χ4v) is 4.32. The third-order valence-corrected chi connectivity index (χ3v) is 6.11. The van der Waals surface area contributed by atoms with Crippen LogP contribution in [-0.2, 0) is 4.79 Å². The maximum Gasteiger partial charge on any atom is 0.234 e. The number of ketones is 1. The molecule has 0 aliphatic rings. The highest BCUT2D eigenvalue weighted by molar-refractivity contribution is 7.99. The van der Waals surface area contributed by atoms with Gasteiger partial charge in [0.05, 0.1) is 5.75 Å². The van der Waals surface area contributed by atoms with Gasteiger partial charge in [0.25, 0.3) is 0 Å². The summed E-state index contributed by atoms with van der Waals surface area (Å²) in [5.41, 5.74) is 2.75. The van der Waals surface area contributed by atoms with Gasteiger partial charge in [0.15, 0.2) is 16.7 Å². The molecule has 1 N–H and O–H groups in total. The van der Waals surface area contributed by atoms with E-state index in [1.165, 1.54) is 18.7 Å². The quantitative estimate of drug-likeness (QED) is 0.247. The molecule has 5 rings (SSSR count). The number of aromatic nitrogens is 3. The van der Waals surface area contributed by atoms with Crippen LogP contribution in [0, 0.1) is 0 Å². The number of nitrogens with zero attached hydrogens (tertiary/aromatic N) is 3. The summed E-state index contributed by atoms with van der Waals surface area (Å²) in [4.78, 5) is 24.2. The van der Waals surface area contributed by atoms with Crippen molar-refractivity contribution in [2.75, 3.05) is 11.1 Å². The molecule has 0 saturated heterocycles. The predicted molar refractivity (Wildman–Crippen MR) is 132 cm³/mol. The smallest absolute Gasteiger partial charge is 0.234 e. The zero-order chi connectivity index (χ0) is 23.5. The zero-order valence-corrected chi connectivity index (χ0v) is 19.1. The van der Waals surface area contributed by atoms with Gasteiger partial charge in [-0.15, -0.1) is 10.2 Å². The van der Waals surface area contributed by atoms with Gasteiger partial charge in [-0.2, -0.15) is 0 Å². The predicted octanol–water partition coefficient (Wildman–Crippen LogP) is 5.61. The van der Waals surface area contributed by atoms with Crippen LogP contribution >= 0.6 is 11.8 Å². The molecule has 34 heavy (non-hydrogen) atoms. The van der Waals surface area contributed by atoms with E-state index in [1.807, 2.05) is 65.2 Å². The van der Waals surface area contributed by atoms with Crippen molar-refractivity contribution >= 4 is 40.1 Å². The van der Waals surface area contributed by atoms with Crippen LogP contribution in [0.1, 0.15) is 17.3 Å². The van der Waals surface area contributed by atoms with Crippen molar-refractivity contribution in [2.45, 2.75) is 12.1 Å². The molecule has 168 valence electrons. The van der Waals surface area contributed by atoms with Crippen LogP contribution < -0.4 is 5.32 Å². The van der Waals surface area contributed by atoms with Gasteiger partial charge in [0, 0.05) is 22.3 Å². The Kier molecular flexibility index (Phi) is 5.97. The highest BCUT2D eigenvalue weighted by atomic mass is 32.2. The number of hydrogen-bond acceptors (Lipinski definition) is 6. The number of thioether (sulfide) groups is 1. The first-order chi connectivity index (χ1) is 16.6. The maximum atomic E-state index is 12.6. The molecule has 8 heteroatoms. The van der Waals surface area contributed by atoms with Crippen molar-refractivity contribution in [3.63, 3.8) is 0 Å². The molecule has 2 heterocycles. The molecule has 1 amide bonds. The Morgan fingerprint density at radius 2 is 1.74 bits per heavy atom. The Morgan fingerprint density at radius 3 is 2.53 bits per heavy atom. The van der Waals surface area contributed by atoms with Crippen LogP contribution in [0.4, 0.5) is 5.69 Å². The minimum atomic E-state index is -0.210. The summed E-state index contributed by atoms with van der Waals surface area (Å²) >= 11 is 1.27. The standard InChI is InChI=1S/C26H20N4O3S/c1-17(31)18-9-7-10-20(14-18)27-24(32)16-34-26-29-28-25(30(26)21-11-3-2-4-12-21)23-15-19-8-5-6-13-22(19)33-23/h2-15H,16H2,1H3,(H,27,32). The summed E-state index contributed by atoms with van der Waals surface area (Å²) in [5, 5.41) is 13.1. The first-order valence-corrected chi connectivity index (χ1v) is 11.6. The lowest BCUT2D eigenvalue weighted by Crippen LogP contribution is -2.15. The van der Waals surface area contributed by atoms with Gasteiger partial charge in [-0.1, -0.05) is 60.3 Å². The minimum absolute atomic E-state index is 0.0560. The largest absolute Gasteiger partial charge is 0.453 e. The second-order valence-electron chi connectivity index (χ2n) is 7.60. The van der Waals surface area contributed by atoms with Crippen LogP contribution in [0.3, 0.4) is 0 Å². The number of nitrogens with one attached hydrogen (secondary N) is 1. The molecule has 0 aliphatic heterocycles. The number of hydrogen-bond donors (Lipinski definition) is 1. The maximum absolute atomic E-state index is 12.6. The first kappa shape index (κ1) is 21.7. The summed E-state index contributed by atoms with van der Waals surface area (Å²) in [6, 6.07) is 26.3. The summed E-state index contributed by atoms with van der Waals surface area (Å²) in [5.74, 6) is 1.00. The first-order valence-electron chi connectivity index (χ1n) is 10.6. The third kappa shape index (κ3) is 4.49. The Labute approximate surface area is 199 Å². The van der Waals surface area contributed by atoms with Crippen molar-refractivity contribution in [2.24, 2.45) is 0 Å². The number of carbonyl (C=O) groups excluding carboxylic acids is 2. The minimum Gasteiger partial charge on any atom is -0.453 e. The molecule has 0 bridgehead atoms. The summed E-state index contributed by atoms with van der Waals surface area (Å²) in [7, 11) is 0. The molecule has 0 spiro atoms. The average molecular weight is 469 g/mol. The summed E-state index contributed by atoms with van der Waals surface area (Å²) in [6.07, 6.45) is 0. The van der Waals surface area contributed by atoms with E-state index in [-0.39, 0.29) is 17.4 Å². The number of amides is 1. The lowest BCUT2D eigenvalue weighted by molar-refractivity contribution is -0.113. The van der Waals surface area contributed by atoms with E-state index in [0.29, 0.717) is 28.0 Å². The van der Waals surface area contributed by atoms with Crippen LogP contribution in [-0.4, -0.2) is 32.2 Å². The third-order valence-electron chi connectivity index (χ3n) is 5.18. The Hall–Kier alpha value is -4.17. The highest BCUT2D eigenvalue weighted by Gasteiger charge is 2.20. The Morgan fingerprint density at radius 1 is 0.941 bits per heavy atom. The fraction of sp³-hybridized carbons (Fsp3) is 0.0769. The lowest BCUT2D eigenvalue weighted by Gasteiger charge is -2.09. The monoisotopic (exact) mass is 468 g/mol. The molecular formula is C26H20N4O3S. The van der Waals surface area contributed by atoms with Crippen LogP contribution in [0.5, 0.6) is 0 Å². The SMILES string of the molecule is CC(=O)c1cccc(NC(=O)CSc2nnc(-c3cc4ccccc4o3)n2-c2ccccc2)c1. The van der Waals surface area contributed by atoms with Crippen LogP contribution in [0.2, 0.25) is 0 Å². The number of benzene rings is 3. The summed E-state index contributed by atoms with van der Waals surface area (Å²) < 4.78 is 7.91. The molecule has 3 aromatic carbocycles. The van der Waals surface area contributed by atoms with Gasteiger partial charge in [-0.05, 0) is 43.3 Å². The summed E-state index contributed by atoms with van der Waals surface area (Å²) in [6.45, 7) is 1.49. The molecule has 0 atom stereocenters. The molecular weight excluding hydrogens is 448 g/mol. The number of Topliss-reactive ketones (excluding diaryl/α,β-unsaturated/α-hetero) is 1. The molecule has 2 aromatic heterocycles. The Bertz CT molecular complexity index is 1460. The highest BCUT2D eigenvalue weighted by Crippen LogP contribution is 2.31. The number of fused-ring (bicyclic) bond motifs is 1. The zero-order valence-electron chi connectivity index (χ0n) is 18.3. The fourth-order valence-electron chi connectivity index (χ4n) is 3.57. The van der Waals surface area contributed by atoms with E-state index in [4.69, 9.17) is 4.42 Å². The number of rotatable bonds is 7. The topological polar surface area (TPSA) is 90.0 Å². The molecule has 7 nitrogen and oxygen atoms in total. The van der Waals surface area contributed by atoms with Gasteiger partial charge in [-0.3, -0.25) is 14.2 Å². The second-order valence-corrected chi connectivity index (χ2v) is 8.54.